The molecule has 0 aliphatic carbocycles. The first-order valence-corrected chi connectivity index (χ1v) is 7.63. The van der Waals surface area contributed by atoms with Crippen LogP contribution in [0.4, 0.5) is 5.69 Å². The second-order valence-electron chi connectivity index (χ2n) is 5.34. The molecule has 2 aromatic carbocycles. The summed E-state index contributed by atoms with van der Waals surface area (Å²) in [4.78, 5) is 16.2. The minimum absolute atomic E-state index is 0.0540. The number of nitrogens with zero attached hydrogens (tertiary/aromatic N) is 1. The molecular formula is C18H22N4O. The molecule has 0 radical (unpaired) electrons. The Labute approximate surface area is 136 Å². The zero-order valence-corrected chi connectivity index (χ0v) is 13.3. The topological polar surface area (TPSA) is 93.5 Å². The number of aryl methyl sites for hydroxylation is 1. The van der Waals surface area contributed by atoms with Crippen LogP contribution in [0.25, 0.3) is 0 Å². The zero-order valence-electron chi connectivity index (χ0n) is 13.3. The summed E-state index contributed by atoms with van der Waals surface area (Å²) < 4.78 is 0. The largest absolute Gasteiger partial charge is 0.370 e. The maximum absolute atomic E-state index is 12.2. The van der Waals surface area contributed by atoms with E-state index in [2.05, 4.69) is 17.2 Å². The molecule has 2 aromatic rings. The Kier molecular flexibility index (Phi) is 5.74. The Morgan fingerprint density at radius 1 is 1.00 bits per heavy atom. The van der Waals surface area contributed by atoms with Gasteiger partial charge >= 0.3 is 0 Å². The highest BCUT2D eigenvalue weighted by molar-refractivity contribution is 6.04. The number of carbonyl (C=O) groups excluding carboxylic acids is 1. The molecule has 120 valence electrons. The predicted octanol–water partition coefficient (Wildman–Crippen LogP) is 2.66. The van der Waals surface area contributed by atoms with E-state index in [-0.39, 0.29) is 11.9 Å². The number of carbonyl (C=O) groups is 1. The van der Waals surface area contributed by atoms with Gasteiger partial charge in [0.15, 0.2) is 5.96 Å². The maximum Gasteiger partial charge on any atom is 0.255 e. The van der Waals surface area contributed by atoms with E-state index >= 15 is 0 Å². The van der Waals surface area contributed by atoms with Crippen LogP contribution >= 0.6 is 0 Å². The van der Waals surface area contributed by atoms with Crippen LogP contribution in [-0.4, -0.2) is 11.9 Å². The molecule has 0 bridgehead atoms. The highest BCUT2D eigenvalue weighted by Crippen LogP contribution is 2.13. The second-order valence-corrected chi connectivity index (χ2v) is 5.34. The standard InChI is InChI=1S/C18H22N4O/c1-2-3-13-6-10-16(11-7-13)22-17(23)15-8-4-14(5-9-15)12-21-18(19)20/h4-11H,2-3,12H2,1H3,(H,22,23)(H4,19,20,21). The smallest absolute Gasteiger partial charge is 0.255 e. The van der Waals surface area contributed by atoms with Crippen molar-refractivity contribution in [1.29, 1.82) is 0 Å². The average Bonchev–Trinajstić information content (AvgIpc) is 2.55. The Balaban J connectivity index is 1.98. The van der Waals surface area contributed by atoms with Gasteiger partial charge in [-0.15, -0.1) is 0 Å². The van der Waals surface area contributed by atoms with Crippen LogP contribution in [-0.2, 0) is 13.0 Å². The Morgan fingerprint density at radius 2 is 1.61 bits per heavy atom. The number of benzene rings is 2. The molecule has 0 heterocycles. The van der Waals surface area contributed by atoms with Crippen molar-refractivity contribution in [3.05, 3.63) is 65.2 Å². The minimum Gasteiger partial charge on any atom is -0.370 e. The summed E-state index contributed by atoms with van der Waals surface area (Å²) in [6.45, 7) is 2.55. The van der Waals surface area contributed by atoms with Crippen molar-refractivity contribution in [1.82, 2.24) is 0 Å². The Hall–Kier alpha value is -2.82. The summed E-state index contributed by atoms with van der Waals surface area (Å²) in [5, 5.41) is 2.89. The number of guanidine groups is 1. The highest BCUT2D eigenvalue weighted by Gasteiger charge is 2.06. The molecule has 0 spiro atoms. The van der Waals surface area contributed by atoms with Gasteiger partial charge in [0.25, 0.3) is 5.91 Å². The molecule has 0 aliphatic heterocycles. The van der Waals surface area contributed by atoms with E-state index < -0.39 is 0 Å². The van der Waals surface area contributed by atoms with Crippen LogP contribution in [0.1, 0.15) is 34.8 Å². The minimum atomic E-state index is -0.137. The molecular weight excluding hydrogens is 288 g/mol. The van der Waals surface area contributed by atoms with Crippen molar-refractivity contribution in [3.8, 4) is 0 Å². The normalized spacial score (nSPS) is 10.1. The fourth-order valence-corrected chi connectivity index (χ4v) is 2.19. The van der Waals surface area contributed by atoms with Crippen molar-refractivity contribution in [2.24, 2.45) is 16.5 Å². The van der Waals surface area contributed by atoms with Gasteiger partial charge in [0, 0.05) is 11.3 Å². The van der Waals surface area contributed by atoms with E-state index in [1.54, 1.807) is 12.1 Å². The van der Waals surface area contributed by atoms with Gasteiger partial charge in [0.05, 0.1) is 6.54 Å². The molecule has 0 unspecified atom stereocenters. The summed E-state index contributed by atoms with van der Waals surface area (Å²) in [5.41, 5.74) is 14.2. The summed E-state index contributed by atoms with van der Waals surface area (Å²) in [6.07, 6.45) is 2.16. The molecule has 5 nitrogen and oxygen atoms in total. The predicted molar refractivity (Wildman–Crippen MR) is 94.3 cm³/mol. The number of amides is 1. The van der Waals surface area contributed by atoms with Crippen LogP contribution in [0.15, 0.2) is 53.5 Å². The number of nitrogens with two attached hydrogens (primary N) is 2. The molecule has 0 aliphatic rings. The summed E-state index contributed by atoms with van der Waals surface area (Å²) in [6, 6.07) is 15.1. The van der Waals surface area contributed by atoms with Crippen molar-refractivity contribution >= 4 is 17.6 Å². The Bertz CT molecular complexity index is 671. The number of rotatable bonds is 6. The van der Waals surface area contributed by atoms with Gasteiger partial charge in [0.2, 0.25) is 0 Å². The number of hydrogen-bond acceptors (Lipinski definition) is 2. The van der Waals surface area contributed by atoms with Gasteiger partial charge in [-0.05, 0) is 41.8 Å². The van der Waals surface area contributed by atoms with E-state index in [1.165, 1.54) is 5.56 Å². The molecule has 0 saturated carbocycles. The summed E-state index contributed by atoms with van der Waals surface area (Å²) in [5.74, 6) is -0.0834. The monoisotopic (exact) mass is 310 g/mol. The molecule has 0 saturated heterocycles. The van der Waals surface area contributed by atoms with Gasteiger partial charge in [-0.1, -0.05) is 37.6 Å². The van der Waals surface area contributed by atoms with E-state index in [1.807, 2.05) is 36.4 Å². The second kappa shape index (κ2) is 7.98. The van der Waals surface area contributed by atoms with Crippen molar-refractivity contribution < 1.29 is 4.79 Å². The van der Waals surface area contributed by atoms with Gasteiger partial charge in [0.1, 0.15) is 0 Å². The lowest BCUT2D eigenvalue weighted by molar-refractivity contribution is 0.102. The average molecular weight is 310 g/mol. The lowest BCUT2D eigenvalue weighted by Crippen LogP contribution is -2.22. The quantitative estimate of drug-likeness (QED) is 0.565. The molecule has 5 N–H and O–H groups in total. The van der Waals surface area contributed by atoms with Gasteiger partial charge in [-0.3, -0.25) is 4.79 Å². The fraction of sp³-hybridized carbons (Fsp3) is 0.222. The van der Waals surface area contributed by atoms with Crippen LogP contribution in [0.3, 0.4) is 0 Å². The highest BCUT2D eigenvalue weighted by atomic mass is 16.1. The summed E-state index contributed by atoms with van der Waals surface area (Å²) >= 11 is 0. The van der Waals surface area contributed by atoms with Crippen molar-refractivity contribution in [3.63, 3.8) is 0 Å². The molecule has 2 rings (SSSR count). The molecule has 1 amide bonds. The third kappa shape index (κ3) is 5.14. The lowest BCUT2D eigenvalue weighted by atomic mass is 10.1. The molecule has 0 aromatic heterocycles. The first kappa shape index (κ1) is 16.5. The van der Waals surface area contributed by atoms with E-state index in [0.29, 0.717) is 12.1 Å². The SMILES string of the molecule is CCCc1ccc(NC(=O)c2ccc(CN=C(N)N)cc2)cc1. The van der Waals surface area contributed by atoms with Gasteiger partial charge < -0.3 is 16.8 Å². The first-order valence-electron chi connectivity index (χ1n) is 7.63. The first-order chi connectivity index (χ1) is 11.1. The lowest BCUT2D eigenvalue weighted by Gasteiger charge is -2.07. The number of hydrogen-bond donors (Lipinski definition) is 3. The third-order valence-electron chi connectivity index (χ3n) is 3.41. The maximum atomic E-state index is 12.2. The Morgan fingerprint density at radius 3 is 2.17 bits per heavy atom. The van der Waals surface area contributed by atoms with Crippen LogP contribution in [0.5, 0.6) is 0 Å². The van der Waals surface area contributed by atoms with Crippen LogP contribution in [0.2, 0.25) is 0 Å². The zero-order chi connectivity index (χ0) is 16.7. The number of aliphatic imine (C=N–C) groups is 1. The third-order valence-corrected chi connectivity index (χ3v) is 3.41. The fourth-order valence-electron chi connectivity index (χ4n) is 2.19. The molecule has 0 atom stereocenters. The van der Waals surface area contributed by atoms with Crippen molar-refractivity contribution in [2.75, 3.05) is 5.32 Å². The van der Waals surface area contributed by atoms with Crippen LogP contribution in [0, 0.1) is 0 Å². The van der Waals surface area contributed by atoms with E-state index in [9.17, 15) is 4.79 Å². The van der Waals surface area contributed by atoms with Gasteiger partial charge in [-0.2, -0.15) is 0 Å². The van der Waals surface area contributed by atoms with Crippen molar-refractivity contribution in [2.45, 2.75) is 26.3 Å². The summed E-state index contributed by atoms with van der Waals surface area (Å²) in [7, 11) is 0. The van der Waals surface area contributed by atoms with Crippen LogP contribution < -0.4 is 16.8 Å². The molecule has 0 fully saturated rings. The molecule has 5 heteroatoms. The van der Waals surface area contributed by atoms with E-state index in [4.69, 9.17) is 11.5 Å². The molecule has 23 heavy (non-hydrogen) atoms. The number of nitrogens with one attached hydrogen (secondary N) is 1. The number of anilines is 1. The van der Waals surface area contributed by atoms with Gasteiger partial charge in [-0.25, -0.2) is 4.99 Å². The van der Waals surface area contributed by atoms with E-state index in [0.717, 1.165) is 24.1 Å².